The van der Waals surface area contributed by atoms with E-state index < -0.39 is 0 Å². The molecule has 1 aromatic carbocycles. The minimum absolute atomic E-state index is 0.901. The molecule has 1 atom stereocenters. The van der Waals surface area contributed by atoms with Crippen LogP contribution < -0.4 is 4.90 Å². The highest BCUT2D eigenvalue weighted by Crippen LogP contribution is 2.18. The van der Waals surface area contributed by atoms with Crippen LogP contribution in [0.25, 0.3) is 0 Å². The van der Waals surface area contributed by atoms with Crippen LogP contribution in [0.15, 0.2) is 30.3 Å². The average molecular weight is 274 g/mol. The summed E-state index contributed by atoms with van der Waals surface area (Å²) in [5, 5.41) is 0. The number of nitrogens with zero attached hydrogens (tertiary/aromatic N) is 2. The molecule has 1 heterocycles. The number of piperazine rings is 1. The number of hydrogen-bond donors (Lipinski definition) is 0. The summed E-state index contributed by atoms with van der Waals surface area (Å²) in [6.45, 7) is 10.7. The maximum atomic E-state index is 2.67. The Morgan fingerprint density at radius 3 is 2.30 bits per heavy atom. The van der Waals surface area contributed by atoms with Gasteiger partial charge < -0.3 is 4.90 Å². The number of anilines is 1. The summed E-state index contributed by atoms with van der Waals surface area (Å²) in [5.41, 5.74) is 1.38. The largest absolute Gasteiger partial charge is 0.369 e. The van der Waals surface area contributed by atoms with E-state index in [0.717, 1.165) is 5.92 Å². The Hall–Kier alpha value is -1.02. The van der Waals surface area contributed by atoms with Gasteiger partial charge in [0.15, 0.2) is 0 Å². The number of rotatable bonds is 7. The molecule has 1 saturated heterocycles. The second-order valence-electron chi connectivity index (χ2n) is 6.04. The Morgan fingerprint density at radius 2 is 1.70 bits per heavy atom. The molecule has 0 spiro atoms. The van der Waals surface area contributed by atoms with Crippen LogP contribution in [0.3, 0.4) is 0 Å². The van der Waals surface area contributed by atoms with Gasteiger partial charge in [-0.25, -0.2) is 0 Å². The fourth-order valence-electron chi connectivity index (χ4n) is 3.11. The Balaban J connectivity index is 1.76. The molecule has 2 heteroatoms. The van der Waals surface area contributed by atoms with Crippen molar-refractivity contribution in [3.63, 3.8) is 0 Å². The minimum atomic E-state index is 0.901. The summed E-state index contributed by atoms with van der Waals surface area (Å²) < 4.78 is 0. The Labute approximate surface area is 124 Å². The zero-order valence-electron chi connectivity index (χ0n) is 13.2. The first kappa shape index (κ1) is 15.4. The minimum Gasteiger partial charge on any atom is -0.369 e. The summed E-state index contributed by atoms with van der Waals surface area (Å²) in [7, 11) is 0. The standard InChI is InChI=1S/C18H30N2/c1-3-5-9-17(4-2)16-19-12-14-20(15-13-19)18-10-7-6-8-11-18/h6-8,10-11,17H,3-5,9,12-16H2,1-2H3. The van der Waals surface area contributed by atoms with Crippen LogP contribution in [0.5, 0.6) is 0 Å². The van der Waals surface area contributed by atoms with E-state index in [9.17, 15) is 0 Å². The Bertz CT molecular complexity index is 355. The SMILES string of the molecule is CCCCC(CC)CN1CCN(c2ccccc2)CC1. The molecule has 2 rings (SSSR count). The molecule has 112 valence electrons. The van der Waals surface area contributed by atoms with Gasteiger partial charge in [0, 0.05) is 38.4 Å². The first-order chi connectivity index (χ1) is 9.83. The van der Waals surface area contributed by atoms with Gasteiger partial charge in [-0.3, -0.25) is 4.90 Å². The summed E-state index contributed by atoms with van der Waals surface area (Å²) in [4.78, 5) is 5.19. The molecule has 0 aliphatic carbocycles. The quantitative estimate of drug-likeness (QED) is 0.741. The molecule has 0 radical (unpaired) electrons. The van der Waals surface area contributed by atoms with Crippen molar-refractivity contribution >= 4 is 5.69 Å². The van der Waals surface area contributed by atoms with Crippen molar-refractivity contribution in [2.45, 2.75) is 39.5 Å². The van der Waals surface area contributed by atoms with E-state index in [1.807, 2.05) is 0 Å². The highest BCUT2D eigenvalue weighted by Gasteiger charge is 2.19. The van der Waals surface area contributed by atoms with Gasteiger partial charge in [0.1, 0.15) is 0 Å². The smallest absolute Gasteiger partial charge is 0.0367 e. The monoisotopic (exact) mass is 274 g/mol. The maximum Gasteiger partial charge on any atom is 0.0367 e. The predicted molar refractivity (Wildman–Crippen MR) is 88.4 cm³/mol. The van der Waals surface area contributed by atoms with E-state index >= 15 is 0 Å². The molecule has 1 unspecified atom stereocenters. The molecule has 1 aromatic rings. The van der Waals surface area contributed by atoms with E-state index in [2.05, 4.69) is 54.0 Å². The summed E-state index contributed by atoms with van der Waals surface area (Å²) in [6.07, 6.45) is 5.46. The van der Waals surface area contributed by atoms with Gasteiger partial charge in [0.25, 0.3) is 0 Å². The molecule has 0 saturated carbocycles. The third kappa shape index (κ3) is 4.52. The summed E-state index contributed by atoms with van der Waals surface area (Å²) >= 11 is 0. The zero-order chi connectivity index (χ0) is 14.2. The number of unbranched alkanes of at least 4 members (excludes halogenated alkanes) is 1. The molecule has 2 nitrogen and oxygen atoms in total. The lowest BCUT2D eigenvalue weighted by atomic mass is 9.98. The molecule has 1 aliphatic heterocycles. The van der Waals surface area contributed by atoms with E-state index in [0.29, 0.717) is 0 Å². The Morgan fingerprint density at radius 1 is 1.00 bits per heavy atom. The van der Waals surface area contributed by atoms with Crippen LogP contribution >= 0.6 is 0 Å². The van der Waals surface area contributed by atoms with Crippen LogP contribution in [0.4, 0.5) is 5.69 Å². The number of benzene rings is 1. The molecule has 0 bridgehead atoms. The van der Waals surface area contributed by atoms with Crippen LogP contribution in [0.2, 0.25) is 0 Å². The lowest BCUT2D eigenvalue weighted by molar-refractivity contribution is 0.208. The first-order valence-corrected chi connectivity index (χ1v) is 8.35. The van der Waals surface area contributed by atoms with Crippen molar-refractivity contribution in [3.8, 4) is 0 Å². The van der Waals surface area contributed by atoms with Gasteiger partial charge >= 0.3 is 0 Å². The molecule has 1 fully saturated rings. The number of para-hydroxylation sites is 1. The van der Waals surface area contributed by atoms with Crippen molar-refractivity contribution in [3.05, 3.63) is 30.3 Å². The average Bonchev–Trinajstić information content (AvgIpc) is 2.53. The molecule has 0 aromatic heterocycles. The van der Waals surface area contributed by atoms with E-state index in [4.69, 9.17) is 0 Å². The van der Waals surface area contributed by atoms with E-state index in [-0.39, 0.29) is 0 Å². The molecule has 0 amide bonds. The van der Waals surface area contributed by atoms with Gasteiger partial charge in [-0.15, -0.1) is 0 Å². The molecule has 1 aliphatic rings. The predicted octanol–water partition coefficient (Wildman–Crippen LogP) is 4.03. The molecular formula is C18H30N2. The first-order valence-electron chi connectivity index (χ1n) is 8.35. The van der Waals surface area contributed by atoms with Crippen molar-refractivity contribution in [1.82, 2.24) is 4.90 Å². The van der Waals surface area contributed by atoms with Gasteiger partial charge in [0.05, 0.1) is 0 Å². The van der Waals surface area contributed by atoms with Crippen molar-refractivity contribution in [2.24, 2.45) is 5.92 Å². The molecule has 0 N–H and O–H groups in total. The van der Waals surface area contributed by atoms with Crippen LogP contribution in [0, 0.1) is 5.92 Å². The summed E-state index contributed by atoms with van der Waals surface area (Å²) in [5.74, 6) is 0.901. The second kappa shape index (κ2) is 8.31. The van der Waals surface area contributed by atoms with Crippen molar-refractivity contribution in [1.29, 1.82) is 0 Å². The second-order valence-corrected chi connectivity index (χ2v) is 6.04. The normalized spacial score (nSPS) is 18.2. The van der Waals surface area contributed by atoms with E-state index in [1.54, 1.807) is 0 Å². The van der Waals surface area contributed by atoms with Crippen molar-refractivity contribution in [2.75, 3.05) is 37.6 Å². The fraction of sp³-hybridized carbons (Fsp3) is 0.667. The zero-order valence-corrected chi connectivity index (χ0v) is 13.2. The van der Waals surface area contributed by atoms with E-state index in [1.165, 1.54) is 64.1 Å². The van der Waals surface area contributed by atoms with Gasteiger partial charge in [-0.2, -0.15) is 0 Å². The number of hydrogen-bond acceptors (Lipinski definition) is 2. The van der Waals surface area contributed by atoms with Crippen LogP contribution in [-0.4, -0.2) is 37.6 Å². The van der Waals surface area contributed by atoms with Crippen LogP contribution in [0.1, 0.15) is 39.5 Å². The third-order valence-corrected chi connectivity index (χ3v) is 4.55. The lowest BCUT2D eigenvalue weighted by Crippen LogP contribution is -2.47. The highest BCUT2D eigenvalue weighted by molar-refractivity contribution is 5.46. The third-order valence-electron chi connectivity index (χ3n) is 4.55. The summed E-state index contributed by atoms with van der Waals surface area (Å²) in [6, 6.07) is 10.8. The topological polar surface area (TPSA) is 6.48 Å². The lowest BCUT2D eigenvalue weighted by Gasteiger charge is -2.37. The van der Waals surface area contributed by atoms with Gasteiger partial charge in [-0.1, -0.05) is 51.3 Å². The highest BCUT2D eigenvalue weighted by atomic mass is 15.3. The fourth-order valence-corrected chi connectivity index (χ4v) is 3.11. The van der Waals surface area contributed by atoms with Gasteiger partial charge in [-0.05, 0) is 24.5 Å². The Kier molecular flexibility index (Phi) is 6.38. The van der Waals surface area contributed by atoms with Crippen molar-refractivity contribution < 1.29 is 0 Å². The van der Waals surface area contributed by atoms with Crippen LogP contribution in [-0.2, 0) is 0 Å². The maximum absolute atomic E-state index is 2.67. The molecule has 20 heavy (non-hydrogen) atoms. The molecular weight excluding hydrogens is 244 g/mol. The van der Waals surface area contributed by atoms with Gasteiger partial charge in [0.2, 0.25) is 0 Å².